The minimum absolute atomic E-state index is 0.139. The van der Waals surface area contributed by atoms with Gasteiger partial charge in [0.15, 0.2) is 0 Å². The monoisotopic (exact) mass is 394 g/mol. The first kappa shape index (κ1) is 17.5. The molecule has 24 heavy (non-hydrogen) atoms. The summed E-state index contributed by atoms with van der Waals surface area (Å²) < 4.78 is 0.923. The molecule has 7 heteroatoms. The fraction of sp³-hybridized carbons (Fsp3) is 0.529. The lowest BCUT2D eigenvalue weighted by Crippen LogP contribution is -2.48. The van der Waals surface area contributed by atoms with Crippen molar-refractivity contribution in [1.82, 2.24) is 15.1 Å². The van der Waals surface area contributed by atoms with Crippen LogP contribution in [-0.2, 0) is 9.59 Å². The van der Waals surface area contributed by atoms with Crippen molar-refractivity contribution in [3.8, 4) is 0 Å². The zero-order valence-corrected chi connectivity index (χ0v) is 15.5. The first-order valence-electron chi connectivity index (χ1n) is 8.31. The first-order valence-corrected chi connectivity index (χ1v) is 9.10. The third kappa shape index (κ3) is 4.03. The molecule has 130 valence electrons. The molecule has 0 radical (unpaired) electrons. The smallest absolute Gasteiger partial charge is 0.251 e. The lowest BCUT2D eigenvalue weighted by atomic mass is 10.2. The van der Waals surface area contributed by atoms with Gasteiger partial charge >= 0.3 is 0 Å². The van der Waals surface area contributed by atoms with Crippen LogP contribution in [-0.4, -0.2) is 74.0 Å². The number of halogens is 1. The molecule has 0 saturated carbocycles. The maximum Gasteiger partial charge on any atom is 0.251 e. The molecule has 1 aromatic rings. The Morgan fingerprint density at radius 3 is 2.46 bits per heavy atom. The zero-order valence-electron chi connectivity index (χ0n) is 13.9. The normalized spacial score (nSPS) is 23.2. The highest BCUT2D eigenvalue weighted by Crippen LogP contribution is 2.24. The van der Waals surface area contributed by atoms with E-state index in [9.17, 15) is 9.59 Å². The fourth-order valence-electron chi connectivity index (χ4n) is 3.12. The van der Waals surface area contributed by atoms with Crippen LogP contribution in [0.5, 0.6) is 0 Å². The summed E-state index contributed by atoms with van der Waals surface area (Å²) in [6.45, 7) is 5.91. The van der Waals surface area contributed by atoms with E-state index in [0.717, 1.165) is 43.7 Å². The van der Waals surface area contributed by atoms with Crippen LogP contribution >= 0.6 is 15.9 Å². The minimum atomic E-state index is -0.409. The molecule has 0 spiro atoms. The molecule has 2 amide bonds. The summed E-state index contributed by atoms with van der Waals surface area (Å²) in [5.41, 5.74) is 0.636. The number of piperazine rings is 1. The van der Waals surface area contributed by atoms with Gasteiger partial charge in [-0.1, -0.05) is 15.9 Å². The Labute approximate surface area is 150 Å². The van der Waals surface area contributed by atoms with Gasteiger partial charge in [-0.2, -0.15) is 0 Å². The number of hydrogen-bond donors (Lipinski definition) is 1. The maximum atomic E-state index is 12.5. The van der Waals surface area contributed by atoms with Crippen molar-refractivity contribution < 1.29 is 9.59 Å². The molecule has 0 bridgehead atoms. The van der Waals surface area contributed by atoms with Crippen molar-refractivity contribution in [3.63, 3.8) is 0 Å². The number of anilines is 1. The zero-order chi connectivity index (χ0) is 17.1. The van der Waals surface area contributed by atoms with Crippen molar-refractivity contribution >= 4 is 33.4 Å². The van der Waals surface area contributed by atoms with Gasteiger partial charge in [-0.15, -0.1) is 0 Å². The Balaban J connectivity index is 1.51. The average molecular weight is 395 g/mol. The molecule has 2 aliphatic rings. The van der Waals surface area contributed by atoms with Crippen LogP contribution in [0.25, 0.3) is 0 Å². The highest BCUT2D eigenvalue weighted by Gasteiger charge is 2.39. The molecule has 1 atom stereocenters. The Kier molecular flexibility index (Phi) is 5.65. The number of nitrogens with zero attached hydrogens (tertiary/aromatic N) is 3. The summed E-state index contributed by atoms with van der Waals surface area (Å²) in [6.07, 6.45) is 0.234. The summed E-state index contributed by atoms with van der Waals surface area (Å²) in [6, 6.07) is 6.83. The molecular weight excluding hydrogens is 372 g/mol. The highest BCUT2D eigenvalue weighted by molar-refractivity contribution is 9.10. The van der Waals surface area contributed by atoms with Gasteiger partial charge in [0.1, 0.15) is 0 Å². The van der Waals surface area contributed by atoms with E-state index in [1.807, 2.05) is 12.1 Å². The molecule has 0 unspecified atom stereocenters. The highest BCUT2D eigenvalue weighted by atomic mass is 79.9. The summed E-state index contributed by atoms with van der Waals surface area (Å²) in [7, 11) is 2.13. The van der Waals surface area contributed by atoms with Crippen molar-refractivity contribution in [2.24, 2.45) is 0 Å². The van der Waals surface area contributed by atoms with Crippen LogP contribution in [0.15, 0.2) is 28.7 Å². The lowest BCUT2D eigenvalue weighted by molar-refractivity contribution is -0.121. The molecule has 1 N–H and O–H groups in total. The molecule has 0 aliphatic carbocycles. The summed E-state index contributed by atoms with van der Waals surface area (Å²) in [4.78, 5) is 30.8. The van der Waals surface area contributed by atoms with E-state index >= 15 is 0 Å². The van der Waals surface area contributed by atoms with E-state index < -0.39 is 6.04 Å². The van der Waals surface area contributed by atoms with Crippen molar-refractivity contribution in [1.29, 1.82) is 0 Å². The number of carbonyl (C=O) groups excluding carboxylic acids is 2. The van der Waals surface area contributed by atoms with Crippen LogP contribution in [0.2, 0.25) is 0 Å². The third-order valence-corrected chi connectivity index (χ3v) is 5.17. The van der Waals surface area contributed by atoms with Gasteiger partial charge in [-0.05, 0) is 31.3 Å². The van der Waals surface area contributed by atoms with Crippen LogP contribution in [0.4, 0.5) is 5.69 Å². The van der Waals surface area contributed by atoms with Crippen molar-refractivity contribution in [2.45, 2.75) is 12.5 Å². The fourth-order valence-corrected chi connectivity index (χ4v) is 3.39. The molecule has 0 aromatic heterocycles. The van der Waals surface area contributed by atoms with E-state index in [-0.39, 0.29) is 18.2 Å². The Hall–Kier alpha value is -1.28. The van der Waals surface area contributed by atoms with Gasteiger partial charge in [0.05, 0.1) is 18.2 Å². The molecular formula is C17H23BrN4O2. The molecule has 2 fully saturated rings. The van der Waals surface area contributed by atoms with Gasteiger partial charge in [-0.3, -0.25) is 14.5 Å². The lowest BCUT2D eigenvalue weighted by Gasteiger charge is -2.32. The van der Waals surface area contributed by atoms with E-state index in [1.165, 1.54) is 4.90 Å². The molecule has 1 aromatic carbocycles. The third-order valence-electron chi connectivity index (χ3n) is 4.65. The minimum Gasteiger partial charge on any atom is -0.304 e. The molecule has 2 saturated heterocycles. The van der Waals surface area contributed by atoms with Gasteiger partial charge in [0.25, 0.3) is 5.91 Å². The quantitative estimate of drug-likeness (QED) is 0.752. The molecule has 6 nitrogen and oxygen atoms in total. The summed E-state index contributed by atoms with van der Waals surface area (Å²) >= 11 is 3.36. The summed E-state index contributed by atoms with van der Waals surface area (Å²) in [5, 5.41) is 3.25. The Morgan fingerprint density at radius 1 is 1.12 bits per heavy atom. The number of likely N-dealkylation sites (N-methyl/N-ethyl adjacent to an activating group) is 1. The Bertz CT molecular complexity index is 599. The van der Waals surface area contributed by atoms with Crippen LogP contribution in [0, 0.1) is 0 Å². The number of nitrogens with one attached hydrogen (secondary N) is 1. The van der Waals surface area contributed by atoms with Gasteiger partial charge in [0, 0.05) is 43.7 Å². The second-order valence-corrected chi connectivity index (χ2v) is 7.32. The van der Waals surface area contributed by atoms with Crippen molar-refractivity contribution in [3.05, 3.63) is 28.7 Å². The molecule has 3 rings (SSSR count). The standard InChI is InChI=1S/C17H23BrN4O2/c1-20-8-10-21(11-9-20)7-6-19-15-12-16(23)22(17(15)24)14-4-2-13(18)3-5-14/h2-5,15,19H,6-12H2,1H3/t15-/m1/s1. The second-order valence-electron chi connectivity index (χ2n) is 6.40. The van der Waals surface area contributed by atoms with Crippen LogP contribution in [0.1, 0.15) is 6.42 Å². The van der Waals surface area contributed by atoms with Crippen LogP contribution < -0.4 is 10.2 Å². The number of imide groups is 1. The second kappa shape index (κ2) is 7.74. The van der Waals surface area contributed by atoms with Gasteiger partial charge < -0.3 is 10.2 Å². The maximum absolute atomic E-state index is 12.5. The predicted octanol–water partition coefficient (Wildman–Crippen LogP) is 0.918. The number of hydrogen-bond acceptors (Lipinski definition) is 5. The number of carbonyl (C=O) groups is 2. The average Bonchev–Trinajstić information content (AvgIpc) is 2.85. The van der Waals surface area contributed by atoms with E-state index in [4.69, 9.17) is 0 Å². The predicted molar refractivity (Wildman–Crippen MR) is 97.0 cm³/mol. The van der Waals surface area contributed by atoms with Crippen LogP contribution in [0.3, 0.4) is 0 Å². The topological polar surface area (TPSA) is 55.9 Å². The van der Waals surface area contributed by atoms with E-state index in [1.54, 1.807) is 12.1 Å². The number of amides is 2. The molecule has 2 aliphatic heterocycles. The van der Waals surface area contributed by atoms with Crippen molar-refractivity contribution in [2.75, 3.05) is 51.2 Å². The van der Waals surface area contributed by atoms with Gasteiger partial charge in [-0.25, -0.2) is 4.90 Å². The van der Waals surface area contributed by atoms with Gasteiger partial charge in [0.2, 0.25) is 5.91 Å². The molecule has 2 heterocycles. The Morgan fingerprint density at radius 2 is 1.79 bits per heavy atom. The van der Waals surface area contributed by atoms with E-state index in [0.29, 0.717) is 5.69 Å². The largest absolute Gasteiger partial charge is 0.304 e. The number of rotatable bonds is 5. The van der Waals surface area contributed by atoms with E-state index in [2.05, 4.69) is 38.1 Å². The SMILES string of the molecule is CN1CCN(CCN[C@@H]2CC(=O)N(c3ccc(Br)cc3)C2=O)CC1. The number of benzene rings is 1. The first-order chi connectivity index (χ1) is 11.5. The summed E-state index contributed by atoms with van der Waals surface area (Å²) in [5.74, 6) is -0.292.